The molecule has 9 nitrogen and oxygen atoms in total. The summed E-state index contributed by atoms with van der Waals surface area (Å²) in [6.45, 7) is 0.439. The van der Waals surface area contributed by atoms with Gasteiger partial charge >= 0.3 is 0 Å². The van der Waals surface area contributed by atoms with Gasteiger partial charge in [-0.05, 0) is 48.4 Å². The van der Waals surface area contributed by atoms with Gasteiger partial charge in [0.15, 0.2) is 0 Å². The maximum Gasteiger partial charge on any atom is 0.243 e. The number of nitrogens with zero attached hydrogens (tertiary/aromatic N) is 1. The van der Waals surface area contributed by atoms with Gasteiger partial charge in [0.1, 0.15) is 18.3 Å². The first-order chi connectivity index (χ1) is 21.0. The second-order valence-electron chi connectivity index (χ2n) is 11.5. The van der Waals surface area contributed by atoms with Crippen LogP contribution in [0.1, 0.15) is 29.5 Å². The molecule has 5 N–H and O–H groups in total. The van der Waals surface area contributed by atoms with Crippen molar-refractivity contribution in [2.75, 3.05) is 6.54 Å². The van der Waals surface area contributed by atoms with E-state index in [1.807, 2.05) is 91.1 Å². The highest BCUT2D eigenvalue weighted by Gasteiger charge is 2.40. The molecule has 2 aliphatic heterocycles. The van der Waals surface area contributed by atoms with Gasteiger partial charge in [0.2, 0.25) is 17.7 Å². The van der Waals surface area contributed by atoms with Gasteiger partial charge in [-0.1, -0.05) is 78.9 Å². The Morgan fingerprint density at radius 2 is 1.40 bits per heavy atom. The number of amides is 3. The molecule has 4 aromatic rings. The maximum absolute atomic E-state index is 14.1. The number of aliphatic hydroxyl groups excluding tert-OH is 1. The molecule has 9 heteroatoms. The zero-order valence-corrected chi connectivity index (χ0v) is 23.9. The largest absolute Gasteiger partial charge is 0.376 e. The van der Waals surface area contributed by atoms with Crippen LogP contribution >= 0.6 is 0 Å². The molecule has 43 heavy (non-hydrogen) atoms. The number of hydrogen-bond donors (Lipinski definition) is 5. The molecule has 0 radical (unpaired) electrons. The Bertz CT molecular complexity index is 1570. The first kappa shape index (κ1) is 28.6. The highest BCUT2D eigenvalue weighted by molar-refractivity contribution is 5.94. The van der Waals surface area contributed by atoms with Gasteiger partial charge in [-0.15, -0.1) is 0 Å². The molecular formula is C34H37N5O4. The molecule has 1 unspecified atom stereocenters. The molecule has 222 valence electrons. The zero-order chi connectivity index (χ0) is 29.8. The molecule has 3 heterocycles. The predicted octanol–water partition coefficient (Wildman–Crippen LogP) is 2.45. The number of rotatable bonds is 6. The molecule has 3 aromatic carbocycles. The number of benzene rings is 3. The maximum atomic E-state index is 14.1. The number of H-pyrrole nitrogens is 1. The molecule has 6 rings (SSSR count). The highest BCUT2D eigenvalue weighted by Crippen LogP contribution is 2.23. The monoisotopic (exact) mass is 579 g/mol. The molecule has 2 fully saturated rings. The summed E-state index contributed by atoms with van der Waals surface area (Å²) in [6, 6.07) is 23.8. The van der Waals surface area contributed by atoms with Crippen LogP contribution in [0.15, 0.2) is 91.1 Å². The molecule has 2 aliphatic rings. The van der Waals surface area contributed by atoms with Crippen LogP contribution in [0.5, 0.6) is 0 Å². The van der Waals surface area contributed by atoms with Crippen molar-refractivity contribution >= 4 is 28.6 Å². The fourth-order valence-corrected chi connectivity index (χ4v) is 6.28. The van der Waals surface area contributed by atoms with Gasteiger partial charge in [-0.2, -0.15) is 0 Å². The highest BCUT2D eigenvalue weighted by atomic mass is 16.3. The summed E-state index contributed by atoms with van der Waals surface area (Å²) >= 11 is 0. The third-order valence-electron chi connectivity index (χ3n) is 8.53. The van der Waals surface area contributed by atoms with E-state index in [0.29, 0.717) is 32.2 Å². The van der Waals surface area contributed by atoms with Gasteiger partial charge in [-0.3, -0.25) is 19.7 Å². The van der Waals surface area contributed by atoms with E-state index in [4.69, 9.17) is 0 Å². The second kappa shape index (κ2) is 12.8. The van der Waals surface area contributed by atoms with Crippen molar-refractivity contribution < 1.29 is 19.5 Å². The summed E-state index contributed by atoms with van der Waals surface area (Å²) in [5, 5.41) is 21.8. The number of aliphatic hydroxyl groups is 1. The smallest absolute Gasteiger partial charge is 0.243 e. The van der Waals surface area contributed by atoms with Gasteiger partial charge in [-0.25, -0.2) is 0 Å². The third-order valence-corrected chi connectivity index (χ3v) is 8.53. The Hall–Kier alpha value is -4.47. The summed E-state index contributed by atoms with van der Waals surface area (Å²) in [4.78, 5) is 46.5. The SMILES string of the molecule is O=C1N[C@@H](Cc2c[nH]c3ccccc23)C(O)N[C@@H](Cc2ccccc2)C(=O)N2CCC[C@@H]2C(=O)N[C@H]1Cc1ccccc1. The Morgan fingerprint density at radius 1 is 0.744 bits per heavy atom. The summed E-state index contributed by atoms with van der Waals surface area (Å²) in [5.74, 6) is -0.966. The molecule has 0 bridgehead atoms. The quantitative estimate of drug-likeness (QED) is 0.240. The van der Waals surface area contributed by atoms with E-state index in [1.54, 1.807) is 4.90 Å². The molecule has 0 aliphatic carbocycles. The minimum absolute atomic E-state index is 0.238. The first-order valence-electron chi connectivity index (χ1n) is 14.9. The van der Waals surface area contributed by atoms with Crippen LogP contribution in [-0.2, 0) is 33.6 Å². The van der Waals surface area contributed by atoms with Gasteiger partial charge in [0.25, 0.3) is 0 Å². The van der Waals surface area contributed by atoms with Gasteiger partial charge in [0, 0.05) is 30.1 Å². The van der Waals surface area contributed by atoms with E-state index >= 15 is 0 Å². The van der Waals surface area contributed by atoms with Crippen LogP contribution in [-0.4, -0.2) is 69.7 Å². The molecule has 5 atom stereocenters. The normalized spacial score (nSPS) is 25.0. The molecular weight excluding hydrogens is 542 g/mol. The Kier molecular flexibility index (Phi) is 8.53. The fourth-order valence-electron chi connectivity index (χ4n) is 6.28. The summed E-state index contributed by atoms with van der Waals surface area (Å²) in [7, 11) is 0. The number of hydrogen-bond acceptors (Lipinski definition) is 5. The lowest BCUT2D eigenvalue weighted by atomic mass is 9.99. The third kappa shape index (κ3) is 6.48. The Labute approximate surface area is 250 Å². The van der Waals surface area contributed by atoms with Crippen LogP contribution in [0.2, 0.25) is 0 Å². The topological polar surface area (TPSA) is 127 Å². The van der Waals surface area contributed by atoms with Crippen molar-refractivity contribution in [3.63, 3.8) is 0 Å². The van der Waals surface area contributed by atoms with Crippen molar-refractivity contribution in [2.24, 2.45) is 0 Å². The summed E-state index contributed by atoms with van der Waals surface area (Å²) in [6.07, 6.45) is 2.73. The average Bonchev–Trinajstić information content (AvgIpc) is 3.68. The van der Waals surface area contributed by atoms with Crippen molar-refractivity contribution in [1.82, 2.24) is 25.8 Å². The molecule has 0 spiro atoms. The molecule has 0 saturated carbocycles. The van der Waals surface area contributed by atoms with Crippen molar-refractivity contribution in [2.45, 2.75) is 62.5 Å². The minimum Gasteiger partial charge on any atom is -0.376 e. The summed E-state index contributed by atoms with van der Waals surface area (Å²) < 4.78 is 0. The van der Waals surface area contributed by atoms with Crippen LogP contribution < -0.4 is 16.0 Å². The Balaban J connectivity index is 1.35. The number of nitrogens with one attached hydrogen (secondary N) is 4. The lowest BCUT2D eigenvalue weighted by Crippen LogP contribution is -2.63. The number of aromatic nitrogens is 1. The molecule has 2 saturated heterocycles. The van der Waals surface area contributed by atoms with E-state index in [0.717, 1.165) is 27.6 Å². The lowest BCUT2D eigenvalue weighted by Gasteiger charge is -2.35. The van der Waals surface area contributed by atoms with E-state index in [-0.39, 0.29) is 24.1 Å². The van der Waals surface area contributed by atoms with E-state index < -0.39 is 30.4 Å². The molecule has 1 aromatic heterocycles. The predicted molar refractivity (Wildman–Crippen MR) is 164 cm³/mol. The summed E-state index contributed by atoms with van der Waals surface area (Å²) in [5.41, 5.74) is 3.69. The Morgan fingerprint density at radius 3 is 2.12 bits per heavy atom. The van der Waals surface area contributed by atoms with Gasteiger partial charge < -0.3 is 25.6 Å². The fraction of sp³-hybridized carbons (Fsp3) is 0.324. The zero-order valence-electron chi connectivity index (χ0n) is 23.9. The van der Waals surface area contributed by atoms with E-state index in [9.17, 15) is 19.5 Å². The van der Waals surface area contributed by atoms with Crippen LogP contribution in [0.25, 0.3) is 10.9 Å². The van der Waals surface area contributed by atoms with Crippen molar-refractivity contribution in [3.05, 3.63) is 108 Å². The van der Waals surface area contributed by atoms with Crippen LogP contribution in [0, 0.1) is 0 Å². The number of carbonyl (C=O) groups excluding carboxylic acids is 3. The lowest BCUT2D eigenvalue weighted by molar-refractivity contribution is -0.142. The minimum atomic E-state index is -1.25. The van der Waals surface area contributed by atoms with Crippen LogP contribution in [0.4, 0.5) is 0 Å². The number of fused-ring (bicyclic) bond motifs is 2. The molecule has 3 amide bonds. The van der Waals surface area contributed by atoms with E-state index in [1.165, 1.54) is 0 Å². The first-order valence-corrected chi connectivity index (χ1v) is 14.9. The number of para-hydroxylation sites is 1. The van der Waals surface area contributed by atoms with E-state index in [2.05, 4.69) is 20.9 Å². The van der Waals surface area contributed by atoms with Crippen LogP contribution in [0.3, 0.4) is 0 Å². The standard InChI is InChI=1S/C34H37N5O4/c40-31-27(18-22-10-3-1-4-11-22)37-33(42)30-16-9-17-39(30)34(43)29(19-23-12-5-2-6-13-23)38-32(41)28(36-31)20-24-21-35-26-15-8-7-14-25(24)26/h1-8,10-15,21,27-30,32,35,38,41H,9,16-20H2,(H,36,40)(H,37,42)/t27-,28-,29-,30+,32?/m0/s1. The second-order valence-corrected chi connectivity index (χ2v) is 11.5. The average molecular weight is 580 g/mol. The van der Waals surface area contributed by atoms with Gasteiger partial charge in [0.05, 0.1) is 12.1 Å². The number of carbonyl (C=O) groups is 3. The number of aromatic amines is 1. The van der Waals surface area contributed by atoms with Crippen molar-refractivity contribution in [1.29, 1.82) is 0 Å². The van der Waals surface area contributed by atoms with Crippen molar-refractivity contribution in [3.8, 4) is 0 Å².